The summed E-state index contributed by atoms with van der Waals surface area (Å²) in [5.74, 6) is 3.36. The van der Waals surface area contributed by atoms with Gasteiger partial charge in [-0.3, -0.25) is 0 Å². The van der Waals surface area contributed by atoms with Crippen LogP contribution in [0.1, 0.15) is 37.7 Å². The van der Waals surface area contributed by atoms with Crippen LogP contribution < -0.4 is 14.2 Å². The summed E-state index contributed by atoms with van der Waals surface area (Å²) in [4.78, 5) is 2.63. The van der Waals surface area contributed by atoms with Gasteiger partial charge in [-0.2, -0.15) is 0 Å². The van der Waals surface area contributed by atoms with Crippen molar-refractivity contribution in [2.24, 2.45) is 0 Å². The predicted molar refractivity (Wildman–Crippen MR) is 152 cm³/mol. The average Bonchev–Trinajstić information content (AvgIpc) is 2.96. The first-order valence-electron chi connectivity index (χ1n) is 13.5. The van der Waals surface area contributed by atoms with E-state index in [9.17, 15) is 0 Å². The first-order chi connectivity index (χ1) is 18.2. The zero-order chi connectivity index (χ0) is 25.5. The van der Waals surface area contributed by atoms with Gasteiger partial charge in [0.1, 0.15) is 23.0 Å². The van der Waals surface area contributed by atoms with Gasteiger partial charge in [0.2, 0.25) is 0 Å². The van der Waals surface area contributed by atoms with Crippen LogP contribution in [0.2, 0.25) is 0 Å². The van der Waals surface area contributed by atoms with Crippen molar-refractivity contribution >= 4 is 10.8 Å². The Hall–Kier alpha value is -3.50. The van der Waals surface area contributed by atoms with E-state index in [1.807, 2.05) is 24.3 Å². The summed E-state index contributed by atoms with van der Waals surface area (Å²) < 4.78 is 17.4. The highest BCUT2D eigenvalue weighted by Crippen LogP contribution is 2.41. The molecule has 5 rings (SSSR count). The molecule has 4 nitrogen and oxygen atoms in total. The van der Waals surface area contributed by atoms with E-state index < -0.39 is 0 Å². The molecule has 0 radical (unpaired) electrons. The highest BCUT2D eigenvalue weighted by atomic mass is 16.5. The number of aryl methyl sites for hydroxylation is 1. The maximum Gasteiger partial charge on any atom is 0.143 e. The summed E-state index contributed by atoms with van der Waals surface area (Å²) in [6, 6.07) is 27.1. The number of fused-ring (bicyclic) bond motifs is 1. The van der Waals surface area contributed by atoms with E-state index in [1.165, 1.54) is 57.3 Å². The molecule has 0 spiro atoms. The molecule has 37 heavy (non-hydrogen) atoms. The minimum Gasteiger partial charge on any atom is -0.497 e. The van der Waals surface area contributed by atoms with Crippen molar-refractivity contribution in [2.45, 2.75) is 38.5 Å². The van der Waals surface area contributed by atoms with Crippen molar-refractivity contribution in [1.82, 2.24) is 4.90 Å². The van der Waals surface area contributed by atoms with Gasteiger partial charge in [0.25, 0.3) is 0 Å². The fraction of sp³-hybridized carbons (Fsp3) is 0.333. The molecule has 192 valence electrons. The Morgan fingerprint density at radius 1 is 0.676 bits per heavy atom. The van der Waals surface area contributed by atoms with Crippen LogP contribution in [0, 0.1) is 0 Å². The van der Waals surface area contributed by atoms with Crippen LogP contribution >= 0.6 is 0 Å². The lowest BCUT2D eigenvalue weighted by atomic mass is 9.99. The van der Waals surface area contributed by atoms with Gasteiger partial charge in [-0.05, 0) is 117 Å². The zero-order valence-corrected chi connectivity index (χ0v) is 22.0. The van der Waals surface area contributed by atoms with Crippen molar-refractivity contribution < 1.29 is 14.2 Å². The first-order valence-corrected chi connectivity index (χ1v) is 13.5. The molecule has 0 saturated carbocycles. The Morgan fingerprint density at radius 2 is 1.38 bits per heavy atom. The van der Waals surface area contributed by atoms with Crippen LogP contribution in [-0.2, 0) is 6.42 Å². The van der Waals surface area contributed by atoms with Gasteiger partial charge >= 0.3 is 0 Å². The normalized spacial score (nSPS) is 14.0. The van der Waals surface area contributed by atoms with Crippen molar-refractivity contribution in [1.29, 1.82) is 0 Å². The highest BCUT2D eigenvalue weighted by molar-refractivity contribution is 5.96. The van der Waals surface area contributed by atoms with E-state index in [0.717, 1.165) is 51.3 Å². The zero-order valence-electron chi connectivity index (χ0n) is 22.0. The molecule has 0 N–H and O–H groups in total. The van der Waals surface area contributed by atoms with Gasteiger partial charge < -0.3 is 19.1 Å². The maximum atomic E-state index is 6.59. The SMILES string of the molecule is COc1ccc(-c2ccc3cc(OC)ccc3c2Oc2ccc(CCCCN3CCCCC3)cc2)cc1. The summed E-state index contributed by atoms with van der Waals surface area (Å²) in [7, 11) is 3.38. The summed E-state index contributed by atoms with van der Waals surface area (Å²) in [5.41, 5.74) is 3.49. The molecule has 0 unspecified atom stereocenters. The van der Waals surface area contributed by atoms with Gasteiger partial charge in [0, 0.05) is 10.9 Å². The van der Waals surface area contributed by atoms with Gasteiger partial charge in [0.05, 0.1) is 14.2 Å². The van der Waals surface area contributed by atoms with Crippen LogP contribution in [0.15, 0.2) is 78.9 Å². The monoisotopic (exact) mass is 495 g/mol. The van der Waals surface area contributed by atoms with Crippen LogP contribution in [0.3, 0.4) is 0 Å². The molecule has 1 saturated heterocycles. The van der Waals surface area contributed by atoms with Crippen LogP contribution in [-0.4, -0.2) is 38.8 Å². The molecule has 0 bridgehead atoms. The third-order valence-corrected chi connectivity index (χ3v) is 7.36. The van der Waals surface area contributed by atoms with Gasteiger partial charge in [-0.15, -0.1) is 0 Å². The minimum atomic E-state index is 0.834. The largest absolute Gasteiger partial charge is 0.497 e. The number of ether oxygens (including phenoxy) is 3. The number of rotatable bonds is 10. The minimum absolute atomic E-state index is 0.834. The van der Waals surface area contributed by atoms with E-state index in [2.05, 4.69) is 59.5 Å². The smallest absolute Gasteiger partial charge is 0.143 e. The van der Waals surface area contributed by atoms with E-state index in [1.54, 1.807) is 14.2 Å². The van der Waals surface area contributed by atoms with Crippen molar-refractivity contribution in [2.75, 3.05) is 33.9 Å². The van der Waals surface area contributed by atoms with Crippen molar-refractivity contribution in [3.05, 3.63) is 84.4 Å². The second-order valence-corrected chi connectivity index (χ2v) is 9.86. The number of nitrogens with zero attached hydrogens (tertiary/aromatic N) is 1. The van der Waals surface area contributed by atoms with Crippen LogP contribution in [0.25, 0.3) is 21.9 Å². The Morgan fingerprint density at radius 3 is 2.11 bits per heavy atom. The fourth-order valence-electron chi connectivity index (χ4n) is 5.20. The first kappa shape index (κ1) is 25.2. The van der Waals surface area contributed by atoms with Crippen molar-refractivity contribution in [3.8, 4) is 34.1 Å². The Bertz CT molecular complexity index is 1290. The number of hydrogen-bond acceptors (Lipinski definition) is 4. The number of benzene rings is 4. The number of likely N-dealkylation sites (tertiary alicyclic amines) is 1. The summed E-state index contributed by atoms with van der Waals surface area (Å²) >= 11 is 0. The molecule has 1 fully saturated rings. The highest BCUT2D eigenvalue weighted by Gasteiger charge is 2.14. The van der Waals surface area contributed by atoms with Gasteiger partial charge in [-0.25, -0.2) is 0 Å². The molecule has 4 heteroatoms. The van der Waals surface area contributed by atoms with Crippen LogP contribution in [0.4, 0.5) is 0 Å². The average molecular weight is 496 g/mol. The van der Waals surface area contributed by atoms with Crippen molar-refractivity contribution in [3.63, 3.8) is 0 Å². The number of hydrogen-bond donors (Lipinski definition) is 0. The van der Waals surface area contributed by atoms with Gasteiger partial charge in [-0.1, -0.05) is 36.8 Å². The van der Waals surface area contributed by atoms with E-state index in [4.69, 9.17) is 14.2 Å². The molecule has 4 aromatic rings. The Balaban J connectivity index is 1.33. The molecule has 1 aliphatic heterocycles. The Labute approximate surface area is 220 Å². The van der Waals surface area contributed by atoms with E-state index in [-0.39, 0.29) is 0 Å². The third kappa shape index (κ3) is 6.26. The molecule has 0 atom stereocenters. The number of piperidine rings is 1. The van der Waals surface area contributed by atoms with E-state index >= 15 is 0 Å². The molecular weight excluding hydrogens is 458 g/mol. The van der Waals surface area contributed by atoms with Crippen LogP contribution in [0.5, 0.6) is 23.0 Å². The lowest BCUT2D eigenvalue weighted by molar-refractivity contribution is 0.225. The quantitative estimate of drug-likeness (QED) is 0.208. The topological polar surface area (TPSA) is 30.9 Å². The lowest BCUT2D eigenvalue weighted by Crippen LogP contribution is -2.30. The predicted octanol–water partition coefficient (Wildman–Crippen LogP) is 8.12. The molecule has 0 aliphatic carbocycles. The second kappa shape index (κ2) is 12.2. The lowest BCUT2D eigenvalue weighted by Gasteiger charge is -2.26. The third-order valence-electron chi connectivity index (χ3n) is 7.36. The molecular formula is C33H37NO3. The number of methoxy groups -OCH3 is 2. The summed E-state index contributed by atoms with van der Waals surface area (Å²) in [6.07, 6.45) is 7.74. The number of unbranched alkanes of at least 4 members (excludes halogenated alkanes) is 1. The fourth-order valence-corrected chi connectivity index (χ4v) is 5.20. The molecule has 1 heterocycles. The molecule has 0 aromatic heterocycles. The van der Waals surface area contributed by atoms with E-state index in [0.29, 0.717) is 0 Å². The molecule has 4 aromatic carbocycles. The molecule has 1 aliphatic rings. The second-order valence-electron chi connectivity index (χ2n) is 9.86. The summed E-state index contributed by atoms with van der Waals surface area (Å²) in [5, 5.41) is 2.13. The summed E-state index contributed by atoms with van der Waals surface area (Å²) in [6.45, 7) is 3.80. The standard InChI is InChI=1S/C33H37NO3/c1-35-28-16-11-26(12-17-28)31-19-13-27-24-30(36-2)18-20-32(27)33(31)37-29-14-9-25(10-15-29)8-4-7-23-34-21-5-3-6-22-34/h9-20,24H,3-8,21-23H2,1-2H3. The Kier molecular flexibility index (Phi) is 8.27. The molecule has 0 amide bonds. The van der Waals surface area contributed by atoms with Gasteiger partial charge in [0.15, 0.2) is 0 Å². The maximum absolute atomic E-state index is 6.59.